The van der Waals surface area contributed by atoms with E-state index in [1.807, 2.05) is 19.9 Å². The van der Waals surface area contributed by atoms with Gasteiger partial charge in [0.1, 0.15) is 11.9 Å². The Labute approximate surface area is 124 Å². The molecule has 1 heterocycles. The Bertz CT molecular complexity index is 452. The fourth-order valence-corrected chi connectivity index (χ4v) is 1.60. The first-order chi connectivity index (χ1) is 9.69. The van der Waals surface area contributed by atoms with Crippen molar-refractivity contribution in [3.8, 4) is 6.07 Å². The molecule has 0 radical (unpaired) electrons. The van der Waals surface area contributed by atoms with E-state index in [9.17, 15) is 0 Å². The predicted molar refractivity (Wildman–Crippen MR) is 80.2 cm³/mol. The molecule has 1 aromatic heterocycles. The smallest absolute Gasteiger partial charge is 0.174 e. The highest BCUT2D eigenvalue weighted by Gasteiger charge is 2.08. The number of hydrogen-bond donors (Lipinski definition) is 2. The topological polar surface area (TPSA) is 79.2 Å². The second-order valence-corrected chi connectivity index (χ2v) is 4.13. The average molecular weight is 294 g/mol. The van der Waals surface area contributed by atoms with Crippen molar-refractivity contribution in [1.29, 1.82) is 5.26 Å². The molecule has 108 valence electrons. The lowest BCUT2D eigenvalue weighted by Gasteiger charge is -2.18. The Morgan fingerprint density at radius 1 is 1.40 bits per heavy atom. The maximum absolute atomic E-state index is 8.68. The van der Waals surface area contributed by atoms with E-state index < -0.39 is 0 Å². The zero-order chi connectivity index (χ0) is 14.8. The van der Waals surface area contributed by atoms with E-state index in [4.69, 9.17) is 27.0 Å². The van der Waals surface area contributed by atoms with Crippen LogP contribution in [-0.4, -0.2) is 36.1 Å². The molecule has 0 atom stereocenters. The number of nitrogens with one attached hydrogen (secondary N) is 2. The second-order valence-electron chi connectivity index (χ2n) is 3.72. The minimum absolute atomic E-state index is 0.335. The Morgan fingerprint density at radius 2 is 2.10 bits per heavy atom. The second kappa shape index (κ2) is 9.20. The molecule has 6 nitrogen and oxygen atoms in total. The van der Waals surface area contributed by atoms with Crippen LogP contribution in [0.3, 0.4) is 0 Å². The maximum atomic E-state index is 8.68. The first-order valence-corrected chi connectivity index (χ1v) is 6.74. The van der Waals surface area contributed by atoms with E-state index >= 15 is 0 Å². The largest absolute Gasteiger partial charge is 0.357 e. The summed E-state index contributed by atoms with van der Waals surface area (Å²) in [4.78, 5) is 4.07. The summed E-state index contributed by atoms with van der Waals surface area (Å²) in [7, 11) is 0. The molecule has 0 spiro atoms. The molecule has 0 unspecified atom stereocenters. The third-order valence-corrected chi connectivity index (χ3v) is 2.51. The molecule has 20 heavy (non-hydrogen) atoms. The van der Waals surface area contributed by atoms with Gasteiger partial charge in [0.05, 0.1) is 12.1 Å². The van der Waals surface area contributed by atoms with Gasteiger partial charge >= 0.3 is 0 Å². The number of ether oxygens (including phenoxy) is 2. The van der Waals surface area contributed by atoms with Gasteiger partial charge in [-0.2, -0.15) is 5.26 Å². The lowest BCUT2D eigenvalue weighted by atomic mass is 10.3. The van der Waals surface area contributed by atoms with Crippen molar-refractivity contribution in [1.82, 2.24) is 10.3 Å². The molecule has 0 amide bonds. The predicted octanol–water partition coefficient (Wildman–Crippen LogP) is 1.64. The number of hydrogen-bond acceptors (Lipinski definition) is 5. The molecule has 0 saturated heterocycles. The molecule has 0 fully saturated rings. The summed E-state index contributed by atoms with van der Waals surface area (Å²) < 4.78 is 10.8. The van der Waals surface area contributed by atoms with Gasteiger partial charge in [-0.15, -0.1) is 0 Å². The van der Waals surface area contributed by atoms with Crippen LogP contribution in [0.25, 0.3) is 0 Å². The summed E-state index contributed by atoms with van der Waals surface area (Å²) in [6.45, 7) is 5.41. The lowest BCUT2D eigenvalue weighted by molar-refractivity contribution is -0.130. The third-order valence-electron chi connectivity index (χ3n) is 2.27. The molecule has 0 bridgehead atoms. The molecule has 0 aliphatic heterocycles. The van der Waals surface area contributed by atoms with Crippen LogP contribution in [0.5, 0.6) is 0 Å². The van der Waals surface area contributed by atoms with Gasteiger partial charge in [-0.1, -0.05) is 0 Å². The van der Waals surface area contributed by atoms with E-state index in [1.165, 1.54) is 6.20 Å². The van der Waals surface area contributed by atoms with Gasteiger partial charge in [-0.25, -0.2) is 4.98 Å². The number of nitriles is 1. The summed E-state index contributed by atoms with van der Waals surface area (Å²) in [5.74, 6) is 0.575. The summed E-state index contributed by atoms with van der Waals surface area (Å²) >= 11 is 5.15. The van der Waals surface area contributed by atoms with Crippen LogP contribution < -0.4 is 10.6 Å². The van der Waals surface area contributed by atoms with Crippen molar-refractivity contribution in [2.75, 3.05) is 25.1 Å². The summed E-state index contributed by atoms with van der Waals surface area (Å²) in [5.41, 5.74) is 0.502. The minimum Gasteiger partial charge on any atom is -0.357 e. The molecule has 0 saturated carbocycles. The number of nitrogens with zero attached hydrogens (tertiary/aromatic N) is 2. The fourth-order valence-electron chi connectivity index (χ4n) is 1.41. The van der Waals surface area contributed by atoms with Crippen LogP contribution >= 0.6 is 12.2 Å². The van der Waals surface area contributed by atoms with E-state index in [0.717, 1.165) is 0 Å². The van der Waals surface area contributed by atoms with Gasteiger partial charge in [-0.05, 0) is 38.2 Å². The first-order valence-electron chi connectivity index (χ1n) is 6.33. The van der Waals surface area contributed by atoms with Crippen LogP contribution in [0.1, 0.15) is 19.4 Å². The van der Waals surface area contributed by atoms with Crippen LogP contribution in [0, 0.1) is 11.3 Å². The first kappa shape index (κ1) is 16.3. The highest BCUT2D eigenvalue weighted by molar-refractivity contribution is 7.80. The molecule has 1 rings (SSSR count). The number of anilines is 1. The number of aromatic nitrogens is 1. The van der Waals surface area contributed by atoms with E-state index in [0.29, 0.717) is 36.3 Å². The maximum Gasteiger partial charge on any atom is 0.174 e. The van der Waals surface area contributed by atoms with Crippen molar-refractivity contribution in [2.24, 2.45) is 0 Å². The van der Waals surface area contributed by atoms with Gasteiger partial charge in [0.15, 0.2) is 11.4 Å². The highest BCUT2D eigenvalue weighted by Crippen LogP contribution is 2.03. The standard InChI is InChI=1S/C13H18N4O2S/c1-3-18-12(19-4-2)9-16-13(20)17-11-6-5-10(7-14)8-15-11/h5-6,8,12H,3-4,9H2,1-2H3,(H2,15,16,17,20). The average Bonchev–Trinajstić information content (AvgIpc) is 2.46. The van der Waals surface area contributed by atoms with Crippen molar-refractivity contribution < 1.29 is 9.47 Å². The van der Waals surface area contributed by atoms with E-state index in [-0.39, 0.29) is 6.29 Å². The molecular formula is C13H18N4O2S. The van der Waals surface area contributed by atoms with Crippen molar-refractivity contribution >= 4 is 23.1 Å². The van der Waals surface area contributed by atoms with Crippen molar-refractivity contribution in [3.63, 3.8) is 0 Å². The Balaban J connectivity index is 2.40. The van der Waals surface area contributed by atoms with E-state index in [1.54, 1.807) is 12.1 Å². The van der Waals surface area contributed by atoms with Crippen molar-refractivity contribution in [3.05, 3.63) is 23.9 Å². The quantitative estimate of drug-likeness (QED) is 0.584. The molecule has 0 aliphatic carbocycles. The molecule has 2 N–H and O–H groups in total. The number of thiocarbonyl (C=S) groups is 1. The monoisotopic (exact) mass is 294 g/mol. The van der Waals surface area contributed by atoms with Gasteiger partial charge in [-0.3, -0.25) is 0 Å². The minimum atomic E-state index is -0.335. The summed E-state index contributed by atoms with van der Waals surface area (Å²) in [5, 5.41) is 15.0. The number of pyridine rings is 1. The number of rotatable bonds is 7. The van der Waals surface area contributed by atoms with Gasteiger partial charge < -0.3 is 20.1 Å². The van der Waals surface area contributed by atoms with Crippen LogP contribution in [0.2, 0.25) is 0 Å². The van der Waals surface area contributed by atoms with Gasteiger partial charge in [0.2, 0.25) is 0 Å². The molecule has 0 aromatic carbocycles. The van der Waals surface area contributed by atoms with Crippen molar-refractivity contribution in [2.45, 2.75) is 20.1 Å². The normalized spacial score (nSPS) is 10.1. The Hall–Kier alpha value is -1.75. The fraction of sp³-hybridized carbons (Fsp3) is 0.462. The zero-order valence-corrected chi connectivity index (χ0v) is 12.4. The molecular weight excluding hydrogens is 276 g/mol. The molecule has 7 heteroatoms. The van der Waals surface area contributed by atoms with Gasteiger partial charge in [0, 0.05) is 19.4 Å². The zero-order valence-electron chi connectivity index (χ0n) is 11.5. The summed E-state index contributed by atoms with van der Waals surface area (Å²) in [6, 6.07) is 5.36. The molecule has 1 aromatic rings. The highest BCUT2D eigenvalue weighted by atomic mass is 32.1. The van der Waals surface area contributed by atoms with Crippen LogP contribution in [0.15, 0.2) is 18.3 Å². The van der Waals surface area contributed by atoms with Crippen LogP contribution in [0.4, 0.5) is 5.82 Å². The van der Waals surface area contributed by atoms with Crippen LogP contribution in [-0.2, 0) is 9.47 Å². The van der Waals surface area contributed by atoms with Gasteiger partial charge in [0.25, 0.3) is 0 Å². The SMILES string of the molecule is CCOC(CNC(=S)Nc1ccc(C#N)cn1)OCC. The molecule has 0 aliphatic rings. The third kappa shape index (κ3) is 5.93. The lowest BCUT2D eigenvalue weighted by Crippen LogP contribution is -2.37. The van der Waals surface area contributed by atoms with E-state index in [2.05, 4.69) is 15.6 Å². The Kier molecular flexibility index (Phi) is 7.50. The Morgan fingerprint density at radius 3 is 2.60 bits per heavy atom. The summed E-state index contributed by atoms with van der Waals surface area (Å²) in [6.07, 6.45) is 1.15.